The third-order valence-electron chi connectivity index (χ3n) is 3.86. The summed E-state index contributed by atoms with van der Waals surface area (Å²) in [6.45, 7) is 3.65. The maximum atomic E-state index is 12.5. The second-order valence-electron chi connectivity index (χ2n) is 6.39. The molecule has 2 aromatic rings. The summed E-state index contributed by atoms with van der Waals surface area (Å²) in [6, 6.07) is 11.6. The Hall–Kier alpha value is -3.09. The number of ether oxygens (including phenoxy) is 1. The van der Waals surface area contributed by atoms with Crippen LogP contribution in [0.2, 0.25) is 0 Å². The van der Waals surface area contributed by atoms with Crippen LogP contribution in [0, 0.1) is 0 Å². The molecule has 148 valence electrons. The summed E-state index contributed by atoms with van der Waals surface area (Å²) < 4.78 is 42.3. The predicted molar refractivity (Wildman–Crippen MR) is 101 cm³/mol. The average molecular weight is 391 g/mol. The molecule has 7 heteroatoms. The van der Waals surface area contributed by atoms with Crippen molar-refractivity contribution in [1.29, 1.82) is 0 Å². The number of hydrogen-bond donors (Lipinski definition) is 1. The maximum Gasteiger partial charge on any atom is 0.416 e. The van der Waals surface area contributed by atoms with Crippen molar-refractivity contribution in [2.75, 3.05) is 11.9 Å². The van der Waals surface area contributed by atoms with Gasteiger partial charge in [0.05, 0.1) is 5.56 Å². The molecule has 4 nitrogen and oxygen atoms in total. The van der Waals surface area contributed by atoms with Crippen molar-refractivity contribution >= 4 is 23.6 Å². The molecule has 0 aliphatic heterocycles. The predicted octanol–water partition coefficient (Wildman–Crippen LogP) is 5.02. The molecule has 0 aromatic heterocycles. The summed E-state index contributed by atoms with van der Waals surface area (Å²) in [7, 11) is 0. The number of rotatable bonds is 6. The topological polar surface area (TPSA) is 55.4 Å². The molecular formula is C21H20F3NO3. The number of anilines is 1. The van der Waals surface area contributed by atoms with Gasteiger partial charge in [0.15, 0.2) is 6.61 Å². The third kappa shape index (κ3) is 6.57. The van der Waals surface area contributed by atoms with Gasteiger partial charge in [-0.2, -0.15) is 13.2 Å². The molecule has 0 spiro atoms. The van der Waals surface area contributed by atoms with Crippen LogP contribution in [0.3, 0.4) is 0 Å². The Morgan fingerprint density at radius 1 is 1.04 bits per heavy atom. The van der Waals surface area contributed by atoms with Gasteiger partial charge in [-0.1, -0.05) is 38.1 Å². The second kappa shape index (κ2) is 9.21. The molecule has 0 fully saturated rings. The van der Waals surface area contributed by atoms with Gasteiger partial charge in [0.1, 0.15) is 0 Å². The monoisotopic (exact) mass is 391 g/mol. The van der Waals surface area contributed by atoms with Gasteiger partial charge in [-0.3, -0.25) is 4.79 Å². The summed E-state index contributed by atoms with van der Waals surface area (Å²) in [6.07, 6.45) is -2.05. The van der Waals surface area contributed by atoms with E-state index >= 15 is 0 Å². The van der Waals surface area contributed by atoms with E-state index in [0.717, 1.165) is 23.8 Å². The molecule has 1 amide bonds. The van der Waals surface area contributed by atoms with Crippen LogP contribution in [0.1, 0.15) is 36.5 Å². The number of amides is 1. The number of benzene rings is 2. The Balaban J connectivity index is 1.81. The van der Waals surface area contributed by atoms with E-state index in [4.69, 9.17) is 4.74 Å². The van der Waals surface area contributed by atoms with Gasteiger partial charge in [-0.25, -0.2) is 4.79 Å². The molecule has 0 heterocycles. The molecule has 0 unspecified atom stereocenters. The Labute approximate surface area is 161 Å². The molecule has 28 heavy (non-hydrogen) atoms. The van der Waals surface area contributed by atoms with Gasteiger partial charge in [-0.05, 0) is 47.4 Å². The van der Waals surface area contributed by atoms with Gasteiger partial charge in [0.25, 0.3) is 5.91 Å². The highest BCUT2D eigenvalue weighted by Gasteiger charge is 2.29. The first-order valence-electron chi connectivity index (χ1n) is 8.57. The van der Waals surface area contributed by atoms with Gasteiger partial charge in [-0.15, -0.1) is 0 Å². The van der Waals surface area contributed by atoms with Crippen molar-refractivity contribution in [3.63, 3.8) is 0 Å². The number of alkyl halides is 3. The van der Waals surface area contributed by atoms with Crippen LogP contribution in [0.5, 0.6) is 0 Å². The lowest BCUT2D eigenvalue weighted by atomic mass is 10.0. The number of hydrogen-bond acceptors (Lipinski definition) is 3. The summed E-state index contributed by atoms with van der Waals surface area (Å²) in [4.78, 5) is 23.5. The van der Waals surface area contributed by atoms with E-state index in [1.807, 2.05) is 12.1 Å². The molecule has 0 saturated carbocycles. The minimum Gasteiger partial charge on any atom is -0.452 e. The first-order valence-corrected chi connectivity index (χ1v) is 8.57. The number of esters is 1. The van der Waals surface area contributed by atoms with Crippen LogP contribution >= 0.6 is 0 Å². The van der Waals surface area contributed by atoms with Crippen molar-refractivity contribution in [3.05, 3.63) is 71.3 Å². The summed E-state index contributed by atoms with van der Waals surface area (Å²) >= 11 is 0. The molecule has 0 atom stereocenters. The number of halogens is 3. The minimum atomic E-state index is -4.41. The third-order valence-corrected chi connectivity index (χ3v) is 3.86. The Kier molecular flexibility index (Phi) is 6.98. The summed E-state index contributed by atoms with van der Waals surface area (Å²) in [5, 5.41) is 2.61. The van der Waals surface area contributed by atoms with Crippen molar-refractivity contribution in [2.24, 2.45) is 0 Å². The normalized spacial score (nSPS) is 11.6. The first-order chi connectivity index (χ1) is 13.1. The molecule has 0 saturated heterocycles. The molecule has 0 aliphatic carbocycles. The molecule has 2 aromatic carbocycles. The number of carbonyl (C=O) groups excluding carboxylic acids is 2. The highest BCUT2D eigenvalue weighted by atomic mass is 19.4. The molecule has 1 N–H and O–H groups in total. The minimum absolute atomic E-state index is 0.377. The Bertz CT molecular complexity index is 839. The van der Waals surface area contributed by atoms with E-state index in [2.05, 4.69) is 19.2 Å². The van der Waals surface area contributed by atoms with Crippen molar-refractivity contribution in [2.45, 2.75) is 25.9 Å². The smallest absolute Gasteiger partial charge is 0.416 e. The van der Waals surface area contributed by atoms with E-state index < -0.39 is 30.2 Å². The van der Waals surface area contributed by atoms with Crippen LogP contribution in [0.15, 0.2) is 54.6 Å². The lowest BCUT2D eigenvalue weighted by Crippen LogP contribution is -2.20. The number of nitrogens with one attached hydrogen (secondary N) is 1. The summed E-state index contributed by atoms with van der Waals surface area (Å²) in [5.74, 6) is -0.888. The Morgan fingerprint density at radius 2 is 1.64 bits per heavy atom. The zero-order valence-corrected chi connectivity index (χ0v) is 15.4. The zero-order chi connectivity index (χ0) is 20.7. The van der Waals surface area contributed by atoms with Crippen LogP contribution < -0.4 is 5.32 Å². The fourth-order valence-corrected chi connectivity index (χ4v) is 2.28. The SMILES string of the molecule is CC(C)c1ccc(NC(=O)COC(=O)/C=C/c2ccc(C(F)(F)F)cc2)cc1. The van der Waals surface area contributed by atoms with Crippen LogP contribution in [0.25, 0.3) is 6.08 Å². The van der Waals surface area contributed by atoms with Crippen molar-refractivity contribution in [3.8, 4) is 0 Å². The van der Waals surface area contributed by atoms with Gasteiger partial charge in [0, 0.05) is 11.8 Å². The fraction of sp³-hybridized carbons (Fsp3) is 0.238. The van der Waals surface area contributed by atoms with Gasteiger partial charge >= 0.3 is 12.1 Å². The highest BCUT2D eigenvalue weighted by Crippen LogP contribution is 2.29. The largest absolute Gasteiger partial charge is 0.452 e. The average Bonchev–Trinajstić information content (AvgIpc) is 2.64. The van der Waals surface area contributed by atoms with Crippen molar-refractivity contribution < 1.29 is 27.5 Å². The van der Waals surface area contributed by atoms with Gasteiger partial charge in [0.2, 0.25) is 0 Å². The lowest BCUT2D eigenvalue weighted by Gasteiger charge is -2.08. The standard InChI is InChI=1S/C21H20F3NO3/c1-14(2)16-6-10-18(11-7-16)25-19(26)13-28-20(27)12-5-15-3-8-17(9-4-15)21(22,23)24/h3-12,14H,13H2,1-2H3,(H,25,26)/b12-5+. The van der Waals surface area contributed by atoms with E-state index in [1.54, 1.807) is 12.1 Å². The fourth-order valence-electron chi connectivity index (χ4n) is 2.28. The van der Waals surface area contributed by atoms with E-state index in [9.17, 15) is 22.8 Å². The molecule has 0 bridgehead atoms. The maximum absolute atomic E-state index is 12.5. The lowest BCUT2D eigenvalue weighted by molar-refractivity contribution is -0.142. The van der Waals surface area contributed by atoms with E-state index in [0.29, 0.717) is 17.2 Å². The van der Waals surface area contributed by atoms with E-state index in [1.165, 1.54) is 18.2 Å². The number of carbonyl (C=O) groups is 2. The first kappa shape index (κ1) is 21.2. The van der Waals surface area contributed by atoms with E-state index in [-0.39, 0.29) is 0 Å². The Morgan fingerprint density at radius 3 is 2.18 bits per heavy atom. The molecular weight excluding hydrogens is 371 g/mol. The quantitative estimate of drug-likeness (QED) is 0.555. The molecule has 0 radical (unpaired) electrons. The molecule has 0 aliphatic rings. The van der Waals surface area contributed by atoms with Crippen LogP contribution in [0.4, 0.5) is 18.9 Å². The van der Waals surface area contributed by atoms with Crippen LogP contribution in [-0.4, -0.2) is 18.5 Å². The van der Waals surface area contributed by atoms with Crippen LogP contribution in [-0.2, 0) is 20.5 Å². The van der Waals surface area contributed by atoms with Gasteiger partial charge < -0.3 is 10.1 Å². The van der Waals surface area contributed by atoms with Crippen molar-refractivity contribution in [1.82, 2.24) is 0 Å². The molecule has 2 rings (SSSR count). The summed E-state index contributed by atoms with van der Waals surface area (Å²) in [5.41, 5.74) is 1.36. The highest BCUT2D eigenvalue weighted by molar-refractivity contribution is 5.94. The zero-order valence-electron chi connectivity index (χ0n) is 15.4. The second-order valence-corrected chi connectivity index (χ2v) is 6.39.